The van der Waals surface area contributed by atoms with E-state index in [9.17, 15) is 4.79 Å². The summed E-state index contributed by atoms with van der Waals surface area (Å²) < 4.78 is 5.63. The number of benzene rings is 1. The van der Waals surface area contributed by atoms with Crippen molar-refractivity contribution in [1.82, 2.24) is 15.1 Å². The number of rotatable bonds is 4. The van der Waals surface area contributed by atoms with Gasteiger partial charge in [0.1, 0.15) is 0 Å². The van der Waals surface area contributed by atoms with Gasteiger partial charge in [0.05, 0.1) is 31.0 Å². The summed E-state index contributed by atoms with van der Waals surface area (Å²) in [4.78, 5) is 16.0. The van der Waals surface area contributed by atoms with Crippen LogP contribution in [-0.4, -0.2) is 46.8 Å². The van der Waals surface area contributed by atoms with Crippen LogP contribution in [0.4, 0.5) is 0 Å². The monoisotopic (exact) mass is 353 g/mol. The van der Waals surface area contributed by atoms with Gasteiger partial charge in [-0.3, -0.25) is 9.89 Å². The van der Waals surface area contributed by atoms with Crippen molar-refractivity contribution < 1.29 is 9.53 Å². The van der Waals surface area contributed by atoms with Crippen molar-refractivity contribution >= 4 is 17.2 Å². The summed E-state index contributed by atoms with van der Waals surface area (Å²) in [7, 11) is 0. The Morgan fingerprint density at radius 2 is 2.24 bits per heavy atom. The van der Waals surface area contributed by atoms with Crippen LogP contribution < -0.4 is 0 Å². The molecule has 6 heteroatoms. The molecular weight excluding hydrogens is 334 g/mol. The minimum Gasteiger partial charge on any atom is -0.377 e. The van der Waals surface area contributed by atoms with E-state index in [1.165, 1.54) is 5.56 Å². The minimum absolute atomic E-state index is 0.0703. The topological polar surface area (TPSA) is 58.2 Å². The van der Waals surface area contributed by atoms with Crippen LogP contribution in [0, 0.1) is 0 Å². The van der Waals surface area contributed by atoms with E-state index in [-0.39, 0.29) is 11.9 Å². The zero-order chi connectivity index (χ0) is 17.1. The number of aromatic nitrogens is 2. The maximum atomic E-state index is 13.0. The van der Waals surface area contributed by atoms with Crippen molar-refractivity contribution in [2.75, 3.05) is 19.8 Å². The summed E-state index contributed by atoms with van der Waals surface area (Å²) in [5, 5.41) is 8.71. The van der Waals surface area contributed by atoms with Crippen molar-refractivity contribution in [3.8, 4) is 10.4 Å². The summed E-state index contributed by atoms with van der Waals surface area (Å²) in [5.41, 5.74) is 2.97. The number of aromatic amines is 1. The van der Waals surface area contributed by atoms with E-state index in [1.54, 1.807) is 17.5 Å². The molecule has 1 aromatic carbocycles. The van der Waals surface area contributed by atoms with Gasteiger partial charge in [-0.05, 0) is 18.1 Å². The summed E-state index contributed by atoms with van der Waals surface area (Å²) in [6.07, 6.45) is 4.42. The van der Waals surface area contributed by atoms with Gasteiger partial charge in [-0.2, -0.15) is 5.10 Å². The third-order valence-corrected chi connectivity index (χ3v) is 5.41. The summed E-state index contributed by atoms with van der Waals surface area (Å²) in [6, 6.07) is 12.3. The molecular formula is C19H19N3O2S. The quantitative estimate of drug-likeness (QED) is 0.783. The second kappa shape index (κ2) is 7.21. The Bertz CT molecular complexity index is 829. The van der Waals surface area contributed by atoms with Gasteiger partial charge < -0.3 is 9.64 Å². The lowest BCUT2D eigenvalue weighted by Crippen LogP contribution is -2.49. The van der Waals surface area contributed by atoms with Crippen LogP contribution in [0.5, 0.6) is 0 Å². The van der Waals surface area contributed by atoms with Gasteiger partial charge in [-0.1, -0.05) is 30.3 Å². The number of carbonyl (C=O) groups is 1. The molecule has 5 nitrogen and oxygen atoms in total. The molecule has 1 N–H and O–H groups in total. The number of morpholine rings is 1. The van der Waals surface area contributed by atoms with E-state index in [0.29, 0.717) is 19.8 Å². The van der Waals surface area contributed by atoms with Crippen LogP contribution in [0.1, 0.15) is 15.9 Å². The maximum Gasteiger partial charge on any atom is 0.255 e. The number of carbonyl (C=O) groups excluding carboxylic acids is 1. The molecule has 0 saturated carbocycles. The number of nitrogens with one attached hydrogen (secondary N) is 1. The molecule has 128 valence electrons. The highest BCUT2D eigenvalue weighted by Gasteiger charge is 2.28. The fraction of sp³-hybridized carbons (Fsp3) is 0.263. The molecule has 1 aliphatic rings. The van der Waals surface area contributed by atoms with E-state index in [2.05, 4.69) is 22.3 Å². The predicted molar refractivity (Wildman–Crippen MR) is 97.7 cm³/mol. The molecule has 3 heterocycles. The first-order valence-electron chi connectivity index (χ1n) is 8.31. The lowest BCUT2D eigenvalue weighted by Gasteiger charge is -2.35. The lowest BCUT2D eigenvalue weighted by atomic mass is 10.0. The van der Waals surface area contributed by atoms with Gasteiger partial charge in [0.15, 0.2) is 0 Å². The highest BCUT2D eigenvalue weighted by molar-refractivity contribution is 7.13. The van der Waals surface area contributed by atoms with Crippen molar-refractivity contribution in [2.24, 2.45) is 0 Å². The van der Waals surface area contributed by atoms with E-state index in [1.807, 2.05) is 40.7 Å². The Balaban J connectivity index is 1.53. The van der Waals surface area contributed by atoms with Crippen LogP contribution in [0.25, 0.3) is 10.4 Å². The third kappa shape index (κ3) is 3.50. The average molecular weight is 353 g/mol. The number of H-pyrrole nitrogens is 1. The Morgan fingerprint density at radius 3 is 3.04 bits per heavy atom. The Kier molecular flexibility index (Phi) is 4.63. The van der Waals surface area contributed by atoms with Gasteiger partial charge in [0, 0.05) is 28.6 Å². The van der Waals surface area contributed by atoms with Crippen LogP contribution in [0.15, 0.2) is 54.2 Å². The first kappa shape index (κ1) is 16.1. The lowest BCUT2D eigenvalue weighted by molar-refractivity contribution is -0.00160. The summed E-state index contributed by atoms with van der Waals surface area (Å²) in [6.45, 7) is 1.81. The normalized spacial score (nSPS) is 17.6. The second-order valence-corrected chi connectivity index (χ2v) is 7.01. The van der Waals surface area contributed by atoms with Gasteiger partial charge in [-0.25, -0.2) is 0 Å². The molecule has 1 amide bonds. The molecule has 1 atom stereocenters. The molecule has 2 aromatic heterocycles. The zero-order valence-electron chi connectivity index (χ0n) is 13.7. The highest BCUT2D eigenvalue weighted by atomic mass is 32.1. The van der Waals surface area contributed by atoms with E-state index in [0.717, 1.165) is 22.4 Å². The van der Waals surface area contributed by atoms with Crippen molar-refractivity contribution in [1.29, 1.82) is 0 Å². The fourth-order valence-corrected chi connectivity index (χ4v) is 3.99. The molecule has 0 spiro atoms. The minimum atomic E-state index is 0.0703. The molecule has 0 unspecified atom stereocenters. The number of ether oxygens (including phenoxy) is 1. The first-order valence-corrected chi connectivity index (χ1v) is 9.19. The standard InChI is InChI=1S/C19H19N3O2S/c23-19(15-9-18(25-13-15)16-10-20-21-11-16)22-6-7-24-12-17(22)8-14-4-2-1-3-5-14/h1-5,9-11,13,17H,6-8,12H2,(H,20,21)/t17-/m0/s1. The number of hydrogen-bond donors (Lipinski definition) is 1. The number of nitrogens with zero attached hydrogens (tertiary/aromatic N) is 2. The zero-order valence-corrected chi connectivity index (χ0v) is 14.5. The van der Waals surface area contributed by atoms with E-state index in [4.69, 9.17) is 4.74 Å². The molecule has 3 aromatic rings. The molecule has 1 saturated heterocycles. The molecule has 1 fully saturated rings. The summed E-state index contributed by atoms with van der Waals surface area (Å²) >= 11 is 1.57. The van der Waals surface area contributed by atoms with Crippen LogP contribution in [-0.2, 0) is 11.2 Å². The van der Waals surface area contributed by atoms with Crippen molar-refractivity contribution in [2.45, 2.75) is 12.5 Å². The fourth-order valence-electron chi connectivity index (χ4n) is 3.13. The number of amides is 1. The maximum absolute atomic E-state index is 13.0. The molecule has 4 rings (SSSR count). The van der Waals surface area contributed by atoms with Crippen molar-refractivity contribution in [3.05, 3.63) is 65.3 Å². The van der Waals surface area contributed by atoms with Crippen LogP contribution in [0.3, 0.4) is 0 Å². The van der Waals surface area contributed by atoms with E-state index >= 15 is 0 Å². The van der Waals surface area contributed by atoms with Crippen LogP contribution >= 0.6 is 11.3 Å². The SMILES string of the molecule is O=C(c1csc(-c2cn[nH]c2)c1)N1CCOC[C@@H]1Cc1ccccc1. The van der Waals surface area contributed by atoms with Gasteiger partial charge >= 0.3 is 0 Å². The largest absolute Gasteiger partial charge is 0.377 e. The molecule has 1 aliphatic heterocycles. The third-order valence-electron chi connectivity index (χ3n) is 4.43. The van der Waals surface area contributed by atoms with Crippen molar-refractivity contribution in [3.63, 3.8) is 0 Å². The first-order chi connectivity index (χ1) is 12.3. The smallest absolute Gasteiger partial charge is 0.255 e. The predicted octanol–water partition coefficient (Wildman–Crippen LogP) is 3.22. The molecule has 0 bridgehead atoms. The average Bonchev–Trinajstić information content (AvgIpc) is 3.34. The number of hydrogen-bond acceptors (Lipinski definition) is 4. The second-order valence-electron chi connectivity index (χ2n) is 6.10. The summed E-state index contributed by atoms with van der Waals surface area (Å²) in [5.74, 6) is 0.0789. The van der Waals surface area contributed by atoms with Gasteiger partial charge in [0.2, 0.25) is 0 Å². The Hall–Kier alpha value is -2.44. The Morgan fingerprint density at radius 1 is 1.36 bits per heavy atom. The van der Waals surface area contributed by atoms with E-state index < -0.39 is 0 Å². The number of thiophene rings is 1. The molecule has 25 heavy (non-hydrogen) atoms. The highest BCUT2D eigenvalue weighted by Crippen LogP contribution is 2.28. The Labute approximate surface area is 150 Å². The van der Waals surface area contributed by atoms with Crippen LogP contribution in [0.2, 0.25) is 0 Å². The van der Waals surface area contributed by atoms with Gasteiger partial charge in [0.25, 0.3) is 5.91 Å². The van der Waals surface area contributed by atoms with Gasteiger partial charge in [-0.15, -0.1) is 11.3 Å². The molecule has 0 radical (unpaired) electrons. The molecule has 0 aliphatic carbocycles.